The molecule has 0 aliphatic heterocycles. The van der Waals surface area contributed by atoms with E-state index in [-0.39, 0.29) is 12.4 Å². The Balaban J connectivity index is 2.10. The first-order chi connectivity index (χ1) is 8.52. The molecule has 1 atom stereocenters. The van der Waals surface area contributed by atoms with Gasteiger partial charge in [-0.2, -0.15) is 0 Å². The second-order valence-corrected chi connectivity index (χ2v) is 5.71. The molecule has 0 amide bonds. The number of benzene rings is 1. The van der Waals surface area contributed by atoms with Crippen LogP contribution in [0.1, 0.15) is 30.9 Å². The van der Waals surface area contributed by atoms with Gasteiger partial charge in [-0.1, -0.05) is 22.0 Å². The summed E-state index contributed by atoms with van der Waals surface area (Å²) in [6.07, 6.45) is 2.00. The SMILES string of the molecule is CCOC(=O)CC1(O)CCc2cc(Br)ccc2C1. The third kappa shape index (κ3) is 3.12. The second kappa shape index (κ2) is 5.41. The third-order valence-corrected chi connectivity index (χ3v) is 3.82. The topological polar surface area (TPSA) is 46.5 Å². The van der Waals surface area contributed by atoms with Gasteiger partial charge >= 0.3 is 5.97 Å². The highest BCUT2D eigenvalue weighted by Gasteiger charge is 2.34. The van der Waals surface area contributed by atoms with E-state index < -0.39 is 5.60 Å². The van der Waals surface area contributed by atoms with E-state index in [1.165, 1.54) is 5.56 Å². The molecule has 1 aromatic rings. The van der Waals surface area contributed by atoms with Crippen molar-refractivity contribution in [1.29, 1.82) is 0 Å². The number of aryl methyl sites for hydroxylation is 1. The zero-order chi connectivity index (χ0) is 13.2. The first kappa shape index (κ1) is 13.6. The van der Waals surface area contributed by atoms with E-state index in [4.69, 9.17) is 4.74 Å². The quantitative estimate of drug-likeness (QED) is 0.873. The minimum Gasteiger partial charge on any atom is -0.466 e. The lowest BCUT2D eigenvalue weighted by molar-refractivity contribution is -0.149. The van der Waals surface area contributed by atoms with Crippen LogP contribution in [0.25, 0.3) is 0 Å². The maximum atomic E-state index is 11.5. The summed E-state index contributed by atoms with van der Waals surface area (Å²) in [5.74, 6) is -0.319. The van der Waals surface area contributed by atoms with Crippen LogP contribution in [0.4, 0.5) is 0 Å². The fourth-order valence-electron chi connectivity index (χ4n) is 2.44. The number of aliphatic hydroxyl groups is 1. The van der Waals surface area contributed by atoms with Gasteiger partial charge in [-0.05, 0) is 43.0 Å². The summed E-state index contributed by atoms with van der Waals surface area (Å²) >= 11 is 3.44. The summed E-state index contributed by atoms with van der Waals surface area (Å²) < 4.78 is 5.96. The monoisotopic (exact) mass is 312 g/mol. The highest BCUT2D eigenvalue weighted by atomic mass is 79.9. The van der Waals surface area contributed by atoms with Crippen LogP contribution in [0, 0.1) is 0 Å². The molecule has 0 radical (unpaired) electrons. The maximum Gasteiger partial charge on any atom is 0.308 e. The summed E-state index contributed by atoms with van der Waals surface area (Å²) in [7, 11) is 0. The molecule has 1 aromatic carbocycles. The highest BCUT2D eigenvalue weighted by Crippen LogP contribution is 2.32. The van der Waals surface area contributed by atoms with Crippen LogP contribution in [0.2, 0.25) is 0 Å². The number of rotatable bonds is 3. The predicted molar refractivity (Wildman–Crippen MR) is 72.4 cm³/mol. The van der Waals surface area contributed by atoms with Crippen molar-refractivity contribution >= 4 is 21.9 Å². The van der Waals surface area contributed by atoms with E-state index in [2.05, 4.69) is 22.0 Å². The molecule has 0 aromatic heterocycles. The normalized spacial score (nSPS) is 22.4. The Hall–Kier alpha value is -0.870. The van der Waals surface area contributed by atoms with Gasteiger partial charge < -0.3 is 9.84 Å². The lowest BCUT2D eigenvalue weighted by atomic mass is 9.79. The number of fused-ring (bicyclic) bond motifs is 1. The number of hydrogen-bond donors (Lipinski definition) is 1. The fourth-order valence-corrected chi connectivity index (χ4v) is 2.85. The summed E-state index contributed by atoms with van der Waals surface area (Å²) in [6, 6.07) is 6.06. The van der Waals surface area contributed by atoms with Crippen LogP contribution in [-0.4, -0.2) is 23.3 Å². The first-order valence-corrected chi connectivity index (χ1v) is 6.97. The number of halogens is 1. The lowest BCUT2D eigenvalue weighted by Gasteiger charge is -2.32. The van der Waals surface area contributed by atoms with Gasteiger partial charge in [-0.3, -0.25) is 4.79 Å². The van der Waals surface area contributed by atoms with Crippen LogP contribution < -0.4 is 0 Å². The molecule has 0 fully saturated rings. The molecular weight excluding hydrogens is 296 g/mol. The molecule has 18 heavy (non-hydrogen) atoms. The van der Waals surface area contributed by atoms with Gasteiger partial charge in [-0.15, -0.1) is 0 Å². The molecule has 0 spiro atoms. The Labute approximate surface area is 115 Å². The van der Waals surface area contributed by atoms with E-state index in [1.54, 1.807) is 6.92 Å². The van der Waals surface area contributed by atoms with Crippen molar-refractivity contribution in [3.63, 3.8) is 0 Å². The molecule has 3 nitrogen and oxygen atoms in total. The van der Waals surface area contributed by atoms with Gasteiger partial charge in [0.05, 0.1) is 18.6 Å². The Bertz CT molecular complexity index is 458. The fraction of sp³-hybridized carbons (Fsp3) is 0.500. The van der Waals surface area contributed by atoms with Crippen LogP contribution in [0.3, 0.4) is 0 Å². The zero-order valence-electron chi connectivity index (χ0n) is 10.4. The van der Waals surface area contributed by atoms with Gasteiger partial charge in [0.1, 0.15) is 0 Å². The Morgan fingerprint density at radius 1 is 1.50 bits per heavy atom. The number of carbonyl (C=O) groups excluding carboxylic acids is 1. The van der Waals surface area contributed by atoms with Crippen molar-refractivity contribution in [2.45, 2.75) is 38.2 Å². The third-order valence-electron chi connectivity index (χ3n) is 3.33. The smallest absolute Gasteiger partial charge is 0.308 e. The van der Waals surface area contributed by atoms with E-state index in [9.17, 15) is 9.90 Å². The van der Waals surface area contributed by atoms with Gasteiger partial charge in [0.15, 0.2) is 0 Å². The molecule has 0 bridgehead atoms. The van der Waals surface area contributed by atoms with Crippen LogP contribution in [0.15, 0.2) is 22.7 Å². The standard InChI is InChI=1S/C14H17BrO3/c1-2-18-13(16)9-14(17)6-5-10-7-12(15)4-3-11(10)8-14/h3-4,7,17H,2,5-6,8-9H2,1H3. The summed E-state index contributed by atoms with van der Waals surface area (Å²) in [5.41, 5.74) is 1.42. The lowest BCUT2D eigenvalue weighted by Crippen LogP contribution is -2.38. The van der Waals surface area contributed by atoms with E-state index in [0.29, 0.717) is 19.4 Å². The number of hydrogen-bond acceptors (Lipinski definition) is 3. The molecule has 0 heterocycles. The molecule has 0 saturated carbocycles. The molecule has 2 rings (SSSR count). The highest BCUT2D eigenvalue weighted by molar-refractivity contribution is 9.10. The van der Waals surface area contributed by atoms with Gasteiger partial charge in [0, 0.05) is 10.9 Å². The summed E-state index contributed by atoms with van der Waals surface area (Å²) in [6.45, 7) is 2.13. The minimum atomic E-state index is -0.951. The Morgan fingerprint density at radius 2 is 2.28 bits per heavy atom. The number of ether oxygens (including phenoxy) is 1. The molecule has 1 aliphatic rings. The van der Waals surface area contributed by atoms with Gasteiger partial charge in [-0.25, -0.2) is 0 Å². The molecule has 1 unspecified atom stereocenters. The molecule has 1 N–H and O–H groups in total. The van der Waals surface area contributed by atoms with Gasteiger partial charge in [0.25, 0.3) is 0 Å². The average molecular weight is 313 g/mol. The van der Waals surface area contributed by atoms with Crippen LogP contribution in [-0.2, 0) is 22.4 Å². The molecule has 4 heteroatoms. The van der Waals surface area contributed by atoms with Crippen molar-refractivity contribution in [1.82, 2.24) is 0 Å². The molecule has 0 saturated heterocycles. The van der Waals surface area contributed by atoms with Crippen molar-refractivity contribution in [3.05, 3.63) is 33.8 Å². The van der Waals surface area contributed by atoms with E-state index >= 15 is 0 Å². The summed E-state index contributed by atoms with van der Waals surface area (Å²) in [5, 5.41) is 10.5. The van der Waals surface area contributed by atoms with Crippen molar-refractivity contribution in [3.8, 4) is 0 Å². The first-order valence-electron chi connectivity index (χ1n) is 6.18. The molecular formula is C14H17BrO3. The number of carbonyl (C=O) groups is 1. The summed E-state index contributed by atoms with van der Waals surface area (Å²) in [4.78, 5) is 11.5. The molecule has 1 aliphatic carbocycles. The van der Waals surface area contributed by atoms with E-state index in [1.807, 2.05) is 12.1 Å². The Kier molecular flexibility index (Phi) is 4.07. The van der Waals surface area contributed by atoms with E-state index in [0.717, 1.165) is 16.5 Å². The van der Waals surface area contributed by atoms with Gasteiger partial charge in [0.2, 0.25) is 0 Å². The van der Waals surface area contributed by atoms with Crippen molar-refractivity contribution in [2.75, 3.05) is 6.61 Å². The minimum absolute atomic E-state index is 0.0797. The maximum absolute atomic E-state index is 11.5. The number of esters is 1. The van der Waals surface area contributed by atoms with Crippen LogP contribution in [0.5, 0.6) is 0 Å². The predicted octanol–water partition coefficient (Wildman–Crippen LogP) is 2.62. The molecule has 98 valence electrons. The zero-order valence-corrected chi connectivity index (χ0v) is 12.0. The van der Waals surface area contributed by atoms with Crippen molar-refractivity contribution in [2.24, 2.45) is 0 Å². The second-order valence-electron chi connectivity index (χ2n) is 4.80. The van der Waals surface area contributed by atoms with Crippen LogP contribution >= 0.6 is 15.9 Å². The average Bonchev–Trinajstić information content (AvgIpc) is 2.29. The Morgan fingerprint density at radius 3 is 3.00 bits per heavy atom. The van der Waals surface area contributed by atoms with Crippen molar-refractivity contribution < 1.29 is 14.6 Å². The largest absolute Gasteiger partial charge is 0.466 e.